The van der Waals surface area contributed by atoms with Crippen LogP contribution in [0.3, 0.4) is 0 Å². The van der Waals surface area contributed by atoms with Crippen molar-refractivity contribution in [3.05, 3.63) is 78.4 Å². The molecular weight excluding hydrogens is 352 g/mol. The number of carbonyl (C=O) groups is 1. The summed E-state index contributed by atoms with van der Waals surface area (Å²) in [6.07, 6.45) is 3.45. The van der Waals surface area contributed by atoms with Crippen LogP contribution < -0.4 is 9.64 Å². The molecule has 1 saturated heterocycles. The molecule has 1 aromatic heterocycles. The Morgan fingerprint density at radius 3 is 2.36 bits per heavy atom. The van der Waals surface area contributed by atoms with E-state index in [4.69, 9.17) is 4.74 Å². The Kier molecular flexibility index (Phi) is 5.28. The van der Waals surface area contributed by atoms with Gasteiger partial charge in [-0.3, -0.25) is 4.79 Å². The van der Waals surface area contributed by atoms with Crippen LogP contribution in [0.25, 0.3) is 0 Å². The van der Waals surface area contributed by atoms with Crippen molar-refractivity contribution in [1.29, 1.82) is 0 Å². The molecule has 0 saturated carbocycles. The highest BCUT2D eigenvalue weighted by atomic mass is 16.5. The predicted molar refractivity (Wildman–Crippen MR) is 109 cm³/mol. The Balaban J connectivity index is 1.31. The molecule has 3 aromatic rings. The molecule has 1 amide bonds. The van der Waals surface area contributed by atoms with E-state index in [1.165, 1.54) is 0 Å². The average molecular weight is 376 g/mol. The summed E-state index contributed by atoms with van der Waals surface area (Å²) in [5.74, 6) is 1.35. The zero-order chi connectivity index (χ0) is 19.3. The molecule has 6 nitrogen and oxygen atoms in total. The van der Waals surface area contributed by atoms with Crippen LogP contribution in [0.5, 0.6) is 5.75 Å². The number of piperazine rings is 1. The van der Waals surface area contributed by atoms with Gasteiger partial charge in [0.25, 0.3) is 5.91 Å². The van der Waals surface area contributed by atoms with E-state index in [9.17, 15) is 4.79 Å². The van der Waals surface area contributed by atoms with Crippen LogP contribution in [0.1, 0.15) is 16.2 Å². The first-order chi connectivity index (χ1) is 13.7. The minimum Gasteiger partial charge on any atom is -0.489 e. The maximum absolute atomic E-state index is 12.6. The second-order valence-electron chi connectivity index (χ2n) is 6.91. The van der Waals surface area contributed by atoms with E-state index in [0.717, 1.165) is 30.1 Å². The SMILES string of the molecule is Cn1ccnc1C(=O)N1CCN(c2ccc(OCc3ccccc3)cc2)CC1. The number of benzene rings is 2. The van der Waals surface area contributed by atoms with E-state index in [2.05, 4.69) is 34.1 Å². The van der Waals surface area contributed by atoms with Crippen molar-refractivity contribution in [2.24, 2.45) is 7.05 Å². The van der Waals surface area contributed by atoms with Gasteiger partial charge >= 0.3 is 0 Å². The van der Waals surface area contributed by atoms with E-state index >= 15 is 0 Å². The van der Waals surface area contributed by atoms with E-state index < -0.39 is 0 Å². The molecule has 144 valence electrons. The van der Waals surface area contributed by atoms with E-state index in [-0.39, 0.29) is 5.91 Å². The van der Waals surface area contributed by atoms with Gasteiger partial charge in [0.2, 0.25) is 0 Å². The molecule has 2 aromatic carbocycles. The summed E-state index contributed by atoms with van der Waals surface area (Å²) in [5, 5.41) is 0. The first-order valence-electron chi connectivity index (χ1n) is 9.49. The Labute approximate surface area is 165 Å². The number of nitrogens with zero attached hydrogens (tertiary/aromatic N) is 4. The van der Waals surface area contributed by atoms with Crippen LogP contribution in [0.2, 0.25) is 0 Å². The van der Waals surface area contributed by atoms with Gasteiger partial charge in [-0.05, 0) is 29.8 Å². The summed E-state index contributed by atoms with van der Waals surface area (Å²) in [7, 11) is 1.85. The normalized spacial score (nSPS) is 14.2. The van der Waals surface area contributed by atoms with Gasteiger partial charge in [-0.25, -0.2) is 4.98 Å². The zero-order valence-corrected chi connectivity index (χ0v) is 16.0. The first kappa shape index (κ1) is 18.1. The van der Waals surface area contributed by atoms with Crippen LogP contribution in [-0.2, 0) is 13.7 Å². The van der Waals surface area contributed by atoms with Crippen molar-refractivity contribution < 1.29 is 9.53 Å². The number of carbonyl (C=O) groups excluding carboxylic acids is 1. The summed E-state index contributed by atoms with van der Waals surface area (Å²) < 4.78 is 7.62. The van der Waals surface area contributed by atoms with Crippen molar-refractivity contribution in [2.75, 3.05) is 31.1 Å². The molecule has 0 N–H and O–H groups in total. The number of hydrogen-bond acceptors (Lipinski definition) is 4. The molecular formula is C22H24N4O2. The summed E-state index contributed by atoms with van der Waals surface area (Å²) in [4.78, 5) is 20.9. The Hall–Kier alpha value is -3.28. The predicted octanol–water partition coefficient (Wildman–Crippen LogP) is 2.96. The largest absolute Gasteiger partial charge is 0.489 e. The Morgan fingerprint density at radius 2 is 1.71 bits per heavy atom. The minimum atomic E-state index is -0.00295. The highest BCUT2D eigenvalue weighted by molar-refractivity contribution is 5.91. The molecule has 0 unspecified atom stereocenters. The van der Waals surface area contributed by atoms with E-state index in [0.29, 0.717) is 25.5 Å². The standard InChI is InChI=1S/C22H24N4O2/c1-24-12-11-23-21(24)22(27)26-15-13-25(14-16-26)19-7-9-20(10-8-19)28-17-18-5-3-2-4-6-18/h2-12H,13-17H2,1H3. The van der Waals surface area contributed by atoms with Gasteiger partial charge in [-0.1, -0.05) is 30.3 Å². The molecule has 6 heteroatoms. The summed E-state index contributed by atoms with van der Waals surface area (Å²) in [6, 6.07) is 18.3. The van der Waals surface area contributed by atoms with Gasteiger partial charge in [0.1, 0.15) is 12.4 Å². The van der Waals surface area contributed by atoms with Crippen molar-refractivity contribution in [1.82, 2.24) is 14.5 Å². The van der Waals surface area contributed by atoms with Crippen molar-refractivity contribution in [3.63, 3.8) is 0 Å². The topological polar surface area (TPSA) is 50.6 Å². The van der Waals surface area contributed by atoms with E-state index in [1.54, 1.807) is 17.0 Å². The molecule has 1 aliphatic heterocycles. The average Bonchev–Trinajstić information content (AvgIpc) is 3.19. The summed E-state index contributed by atoms with van der Waals surface area (Å²) in [6.45, 7) is 3.56. The zero-order valence-electron chi connectivity index (χ0n) is 16.0. The van der Waals surface area contributed by atoms with Crippen LogP contribution in [0.4, 0.5) is 5.69 Å². The highest BCUT2D eigenvalue weighted by Crippen LogP contribution is 2.22. The number of anilines is 1. The number of rotatable bonds is 5. The third-order valence-corrected chi connectivity index (χ3v) is 5.03. The molecule has 28 heavy (non-hydrogen) atoms. The molecule has 0 spiro atoms. The molecule has 1 aliphatic rings. The monoisotopic (exact) mass is 376 g/mol. The van der Waals surface area contributed by atoms with Crippen LogP contribution >= 0.6 is 0 Å². The maximum atomic E-state index is 12.6. The van der Waals surface area contributed by atoms with E-state index in [1.807, 2.05) is 42.3 Å². The number of aromatic nitrogens is 2. The lowest BCUT2D eigenvalue weighted by molar-refractivity contribution is 0.0731. The van der Waals surface area contributed by atoms with Gasteiger partial charge in [-0.15, -0.1) is 0 Å². The second kappa shape index (κ2) is 8.17. The third-order valence-electron chi connectivity index (χ3n) is 5.03. The van der Waals surface area contributed by atoms with Gasteiger partial charge in [0, 0.05) is 51.3 Å². The van der Waals surface area contributed by atoms with Crippen molar-refractivity contribution in [2.45, 2.75) is 6.61 Å². The quantitative estimate of drug-likeness (QED) is 0.687. The number of hydrogen-bond donors (Lipinski definition) is 0. The lowest BCUT2D eigenvalue weighted by Crippen LogP contribution is -2.49. The molecule has 4 rings (SSSR count). The Bertz CT molecular complexity index is 913. The highest BCUT2D eigenvalue weighted by Gasteiger charge is 2.24. The lowest BCUT2D eigenvalue weighted by Gasteiger charge is -2.36. The van der Waals surface area contributed by atoms with Crippen molar-refractivity contribution >= 4 is 11.6 Å². The molecule has 0 radical (unpaired) electrons. The summed E-state index contributed by atoms with van der Waals surface area (Å²) in [5.41, 5.74) is 2.30. The van der Waals surface area contributed by atoms with Crippen molar-refractivity contribution in [3.8, 4) is 5.75 Å². The fourth-order valence-electron chi connectivity index (χ4n) is 3.37. The number of ether oxygens (including phenoxy) is 1. The Morgan fingerprint density at radius 1 is 1.00 bits per heavy atom. The first-order valence-corrected chi connectivity index (χ1v) is 9.49. The van der Waals surface area contributed by atoms with Gasteiger partial charge < -0.3 is 19.1 Å². The van der Waals surface area contributed by atoms with Crippen LogP contribution in [-0.4, -0.2) is 46.5 Å². The maximum Gasteiger partial charge on any atom is 0.289 e. The third kappa shape index (κ3) is 4.01. The van der Waals surface area contributed by atoms with Gasteiger partial charge in [-0.2, -0.15) is 0 Å². The molecule has 0 atom stereocenters. The number of amides is 1. The molecule has 0 aliphatic carbocycles. The minimum absolute atomic E-state index is 0.00295. The lowest BCUT2D eigenvalue weighted by atomic mass is 10.2. The van der Waals surface area contributed by atoms with Crippen LogP contribution in [0.15, 0.2) is 67.0 Å². The number of aryl methyl sites for hydroxylation is 1. The smallest absolute Gasteiger partial charge is 0.289 e. The molecule has 2 heterocycles. The summed E-state index contributed by atoms with van der Waals surface area (Å²) >= 11 is 0. The van der Waals surface area contributed by atoms with Gasteiger partial charge in [0.05, 0.1) is 0 Å². The molecule has 1 fully saturated rings. The van der Waals surface area contributed by atoms with Crippen LogP contribution in [0, 0.1) is 0 Å². The second-order valence-corrected chi connectivity index (χ2v) is 6.91. The fourth-order valence-corrected chi connectivity index (χ4v) is 3.37. The fraction of sp³-hybridized carbons (Fsp3) is 0.273. The number of imidazole rings is 1. The molecule has 0 bridgehead atoms. The van der Waals surface area contributed by atoms with Gasteiger partial charge in [0.15, 0.2) is 5.82 Å².